The fourth-order valence-electron chi connectivity index (χ4n) is 1.27. The number of halogens is 1. The molecule has 0 radical (unpaired) electrons. The summed E-state index contributed by atoms with van der Waals surface area (Å²) in [6.07, 6.45) is -2.82. The molecule has 1 rings (SSSR count). The molecule has 0 aliphatic heterocycles. The van der Waals surface area contributed by atoms with Gasteiger partial charge in [0, 0.05) is 5.75 Å². The summed E-state index contributed by atoms with van der Waals surface area (Å²) in [6, 6.07) is 3.34. The Kier molecular flexibility index (Phi) is 4.22. The Hall–Kier alpha value is -1.18. The summed E-state index contributed by atoms with van der Waals surface area (Å²) >= 11 is 3.74. The molecular formula is C9H10FNO4S. The minimum absolute atomic E-state index is 0.0885. The first kappa shape index (κ1) is 12.9. The van der Waals surface area contributed by atoms with Crippen LogP contribution in [0.15, 0.2) is 18.2 Å². The van der Waals surface area contributed by atoms with E-state index >= 15 is 0 Å². The molecule has 2 N–H and O–H groups in total. The Morgan fingerprint density at radius 3 is 2.62 bits per heavy atom. The van der Waals surface area contributed by atoms with Crippen molar-refractivity contribution in [1.82, 2.24) is 0 Å². The van der Waals surface area contributed by atoms with Crippen LogP contribution in [-0.4, -0.2) is 27.0 Å². The first-order chi connectivity index (χ1) is 7.49. The third-order valence-electron chi connectivity index (χ3n) is 2.07. The van der Waals surface area contributed by atoms with E-state index in [0.717, 1.165) is 6.07 Å². The Morgan fingerprint density at radius 1 is 1.50 bits per heavy atom. The van der Waals surface area contributed by atoms with Crippen LogP contribution in [0.4, 0.5) is 10.1 Å². The fraction of sp³-hybridized carbons (Fsp3) is 0.333. The molecule has 0 fully saturated rings. The molecule has 0 saturated carbocycles. The number of para-hydroxylation sites is 1. The molecule has 88 valence electrons. The van der Waals surface area contributed by atoms with E-state index in [1.54, 1.807) is 0 Å². The normalized spacial score (nSPS) is 14.5. The van der Waals surface area contributed by atoms with Crippen molar-refractivity contribution in [2.24, 2.45) is 0 Å². The average molecular weight is 247 g/mol. The molecule has 2 unspecified atom stereocenters. The number of nitro benzene ring substituents is 1. The van der Waals surface area contributed by atoms with Crippen molar-refractivity contribution in [2.75, 3.05) is 5.75 Å². The monoisotopic (exact) mass is 247 g/mol. The van der Waals surface area contributed by atoms with E-state index in [1.807, 2.05) is 0 Å². The Morgan fingerprint density at radius 2 is 2.12 bits per heavy atom. The van der Waals surface area contributed by atoms with Gasteiger partial charge in [-0.15, -0.1) is 0 Å². The number of aliphatic hydroxyl groups is 2. The first-order valence-electron chi connectivity index (χ1n) is 4.38. The lowest BCUT2D eigenvalue weighted by Gasteiger charge is -2.16. The van der Waals surface area contributed by atoms with Gasteiger partial charge in [-0.3, -0.25) is 10.1 Å². The average Bonchev–Trinajstić information content (AvgIpc) is 2.26. The van der Waals surface area contributed by atoms with Gasteiger partial charge in [0.2, 0.25) is 5.82 Å². The van der Waals surface area contributed by atoms with Gasteiger partial charge in [-0.1, -0.05) is 6.07 Å². The molecule has 0 spiro atoms. The Bertz CT molecular complexity index is 401. The van der Waals surface area contributed by atoms with Crippen LogP contribution in [0.25, 0.3) is 0 Å². The van der Waals surface area contributed by atoms with Crippen molar-refractivity contribution in [2.45, 2.75) is 12.2 Å². The van der Waals surface area contributed by atoms with Crippen LogP contribution >= 0.6 is 12.6 Å². The molecule has 0 amide bonds. The number of rotatable bonds is 4. The van der Waals surface area contributed by atoms with Crippen LogP contribution in [-0.2, 0) is 0 Å². The van der Waals surface area contributed by atoms with Crippen LogP contribution in [0.5, 0.6) is 0 Å². The molecule has 0 aliphatic rings. The van der Waals surface area contributed by atoms with Crippen LogP contribution in [0, 0.1) is 15.9 Å². The van der Waals surface area contributed by atoms with E-state index in [-0.39, 0.29) is 11.3 Å². The zero-order valence-electron chi connectivity index (χ0n) is 8.08. The summed E-state index contributed by atoms with van der Waals surface area (Å²) in [5.74, 6) is -1.14. The fourth-order valence-corrected chi connectivity index (χ4v) is 1.47. The zero-order valence-corrected chi connectivity index (χ0v) is 8.97. The number of nitrogens with zero attached hydrogens (tertiary/aromatic N) is 1. The molecular weight excluding hydrogens is 237 g/mol. The second-order valence-corrected chi connectivity index (χ2v) is 3.49. The molecule has 0 heterocycles. The summed E-state index contributed by atoms with van der Waals surface area (Å²) in [6.45, 7) is 0. The van der Waals surface area contributed by atoms with Gasteiger partial charge >= 0.3 is 5.69 Å². The van der Waals surface area contributed by atoms with Crippen LogP contribution in [0.3, 0.4) is 0 Å². The van der Waals surface area contributed by atoms with Gasteiger partial charge in [-0.25, -0.2) is 0 Å². The van der Waals surface area contributed by atoms with Gasteiger partial charge in [0.05, 0.1) is 16.6 Å². The molecule has 2 atom stereocenters. The molecule has 7 heteroatoms. The highest BCUT2D eigenvalue weighted by atomic mass is 32.1. The van der Waals surface area contributed by atoms with E-state index in [0.29, 0.717) is 0 Å². The van der Waals surface area contributed by atoms with Crippen molar-refractivity contribution in [1.29, 1.82) is 0 Å². The zero-order chi connectivity index (χ0) is 12.3. The quantitative estimate of drug-likeness (QED) is 0.422. The highest BCUT2D eigenvalue weighted by Gasteiger charge is 2.28. The van der Waals surface area contributed by atoms with E-state index in [4.69, 9.17) is 0 Å². The molecule has 16 heavy (non-hydrogen) atoms. The minimum Gasteiger partial charge on any atom is -0.389 e. The topological polar surface area (TPSA) is 83.6 Å². The Labute approximate surface area is 96.1 Å². The second-order valence-electron chi connectivity index (χ2n) is 3.13. The van der Waals surface area contributed by atoms with E-state index in [9.17, 15) is 24.7 Å². The van der Waals surface area contributed by atoms with Gasteiger partial charge in [0.1, 0.15) is 6.10 Å². The molecule has 0 saturated heterocycles. The Balaban J connectivity index is 3.22. The van der Waals surface area contributed by atoms with Crippen LogP contribution < -0.4 is 0 Å². The maximum absolute atomic E-state index is 13.2. The summed E-state index contributed by atoms with van der Waals surface area (Å²) in [7, 11) is 0. The molecule has 0 aromatic heterocycles. The molecule has 5 nitrogen and oxygen atoms in total. The summed E-state index contributed by atoms with van der Waals surface area (Å²) < 4.78 is 13.2. The second kappa shape index (κ2) is 5.24. The standard InChI is InChI=1S/C9H10FNO4S/c10-6-3-1-2-5(8(6)11(14)15)9(13)7(12)4-16/h1-3,7,9,12-13,16H,4H2. The van der Waals surface area contributed by atoms with Crippen molar-refractivity contribution < 1.29 is 19.5 Å². The number of hydrogen-bond donors (Lipinski definition) is 3. The SMILES string of the molecule is O=[N+]([O-])c1c(F)cccc1C(O)C(O)CS. The largest absolute Gasteiger partial charge is 0.389 e. The van der Waals surface area contributed by atoms with E-state index < -0.39 is 28.6 Å². The highest BCUT2D eigenvalue weighted by Crippen LogP contribution is 2.29. The first-order valence-corrected chi connectivity index (χ1v) is 5.02. The van der Waals surface area contributed by atoms with Crippen molar-refractivity contribution in [3.63, 3.8) is 0 Å². The maximum atomic E-state index is 13.2. The summed E-state index contributed by atoms with van der Waals surface area (Å²) in [4.78, 5) is 9.68. The summed E-state index contributed by atoms with van der Waals surface area (Å²) in [5.41, 5.74) is -1.08. The lowest BCUT2D eigenvalue weighted by molar-refractivity contribution is -0.389. The third-order valence-corrected chi connectivity index (χ3v) is 2.44. The van der Waals surface area contributed by atoms with Gasteiger partial charge in [0.15, 0.2) is 0 Å². The summed E-state index contributed by atoms with van der Waals surface area (Å²) in [5, 5.41) is 29.5. The minimum atomic E-state index is -1.53. The van der Waals surface area contributed by atoms with E-state index in [2.05, 4.69) is 12.6 Å². The van der Waals surface area contributed by atoms with E-state index in [1.165, 1.54) is 12.1 Å². The molecule has 0 bridgehead atoms. The van der Waals surface area contributed by atoms with Gasteiger partial charge < -0.3 is 10.2 Å². The lowest BCUT2D eigenvalue weighted by Crippen LogP contribution is -2.21. The molecule has 1 aromatic rings. The maximum Gasteiger partial charge on any atom is 0.310 e. The predicted molar refractivity (Wildman–Crippen MR) is 57.9 cm³/mol. The van der Waals surface area contributed by atoms with Gasteiger partial charge in [-0.2, -0.15) is 17.0 Å². The van der Waals surface area contributed by atoms with Gasteiger partial charge in [0.25, 0.3) is 0 Å². The van der Waals surface area contributed by atoms with Crippen LogP contribution in [0.2, 0.25) is 0 Å². The lowest BCUT2D eigenvalue weighted by atomic mass is 10.0. The number of thiol groups is 1. The number of hydrogen-bond acceptors (Lipinski definition) is 5. The third kappa shape index (κ3) is 2.49. The number of nitro groups is 1. The van der Waals surface area contributed by atoms with Crippen molar-refractivity contribution >= 4 is 18.3 Å². The van der Waals surface area contributed by atoms with Gasteiger partial charge in [-0.05, 0) is 12.1 Å². The smallest absolute Gasteiger partial charge is 0.310 e. The van der Waals surface area contributed by atoms with Crippen molar-refractivity contribution in [3.8, 4) is 0 Å². The molecule has 0 aliphatic carbocycles. The van der Waals surface area contributed by atoms with Crippen molar-refractivity contribution in [3.05, 3.63) is 39.7 Å². The van der Waals surface area contributed by atoms with Crippen LogP contribution in [0.1, 0.15) is 11.7 Å². The number of aliphatic hydroxyl groups excluding tert-OH is 2. The predicted octanol–water partition coefficient (Wildman–Crippen LogP) is 1.06. The highest BCUT2D eigenvalue weighted by molar-refractivity contribution is 7.80. The number of benzene rings is 1. The molecule has 1 aromatic carbocycles.